The third-order valence-electron chi connectivity index (χ3n) is 2.15. The Hall–Kier alpha value is -1.51. The summed E-state index contributed by atoms with van der Waals surface area (Å²) in [4.78, 5) is 4.76. The minimum absolute atomic E-state index is 0.158. The van der Waals surface area contributed by atoms with Crippen molar-refractivity contribution in [1.29, 1.82) is 0 Å². The molecule has 1 rings (SSSR count). The third-order valence-corrected chi connectivity index (χ3v) is 2.15. The number of hydrogen-bond acceptors (Lipinski definition) is 3. The lowest BCUT2D eigenvalue weighted by Gasteiger charge is -2.19. The molecule has 0 spiro atoms. The number of hydrogen-bond donors (Lipinski definition) is 0. The Morgan fingerprint density at radius 3 is 2.59 bits per heavy atom. The summed E-state index contributed by atoms with van der Waals surface area (Å²) in [6.45, 7) is 9.04. The molecule has 0 bridgehead atoms. The summed E-state index contributed by atoms with van der Waals surface area (Å²) in [5.74, 6) is 0.864. The van der Waals surface area contributed by atoms with Crippen LogP contribution in [0.15, 0.2) is 29.4 Å². The highest BCUT2D eigenvalue weighted by molar-refractivity contribution is 5.98. The summed E-state index contributed by atoms with van der Waals surface area (Å²) in [6.07, 6.45) is 0. The van der Waals surface area contributed by atoms with E-state index in [1.165, 1.54) is 0 Å². The van der Waals surface area contributed by atoms with Crippen LogP contribution in [0.5, 0.6) is 5.75 Å². The van der Waals surface area contributed by atoms with E-state index in [0.29, 0.717) is 6.61 Å². The molecule has 0 fully saturated rings. The molecule has 94 valence electrons. The van der Waals surface area contributed by atoms with Crippen LogP contribution in [0.3, 0.4) is 0 Å². The van der Waals surface area contributed by atoms with Crippen LogP contribution < -0.4 is 4.74 Å². The lowest BCUT2D eigenvalue weighted by Crippen LogP contribution is -2.16. The van der Waals surface area contributed by atoms with Gasteiger partial charge in [0.25, 0.3) is 0 Å². The van der Waals surface area contributed by atoms with Gasteiger partial charge >= 0.3 is 0 Å². The van der Waals surface area contributed by atoms with Gasteiger partial charge in [0.2, 0.25) is 0 Å². The monoisotopic (exact) mass is 235 g/mol. The highest BCUT2D eigenvalue weighted by Gasteiger charge is 2.11. The summed E-state index contributed by atoms with van der Waals surface area (Å²) in [5.41, 5.74) is 2.01. The molecule has 3 heteroatoms. The third kappa shape index (κ3) is 4.89. The quantitative estimate of drug-likeness (QED) is 0.591. The van der Waals surface area contributed by atoms with Crippen LogP contribution in [-0.2, 0) is 4.84 Å². The number of benzene rings is 1. The van der Waals surface area contributed by atoms with Crippen molar-refractivity contribution in [3.8, 4) is 5.75 Å². The molecule has 0 N–H and O–H groups in total. The Bertz CT molecular complexity index is 391. The van der Waals surface area contributed by atoms with Gasteiger partial charge in [0, 0.05) is 5.56 Å². The summed E-state index contributed by atoms with van der Waals surface area (Å²) in [5, 5.41) is 3.91. The van der Waals surface area contributed by atoms with Crippen molar-refractivity contribution in [3.63, 3.8) is 0 Å². The molecule has 0 aliphatic heterocycles. The van der Waals surface area contributed by atoms with E-state index in [2.05, 4.69) is 25.9 Å². The molecule has 0 aliphatic carbocycles. The van der Waals surface area contributed by atoms with E-state index >= 15 is 0 Å². The van der Waals surface area contributed by atoms with Crippen molar-refractivity contribution in [2.75, 3.05) is 13.7 Å². The Balaban J connectivity index is 2.76. The van der Waals surface area contributed by atoms with Crippen LogP contribution in [0, 0.1) is 5.41 Å². The molecule has 0 saturated carbocycles. The summed E-state index contributed by atoms with van der Waals surface area (Å²) < 4.78 is 5.74. The zero-order valence-electron chi connectivity index (χ0n) is 11.3. The predicted molar refractivity (Wildman–Crippen MR) is 70.6 cm³/mol. The van der Waals surface area contributed by atoms with Crippen molar-refractivity contribution in [1.82, 2.24) is 0 Å². The number of nitrogens with zero attached hydrogens (tertiary/aromatic N) is 1. The highest BCUT2D eigenvalue weighted by atomic mass is 16.6. The molecule has 0 unspecified atom stereocenters. The van der Waals surface area contributed by atoms with Crippen molar-refractivity contribution in [2.45, 2.75) is 27.7 Å². The van der Waals surface area contributed by atoms with E-state index in [0.717, 1.165) is 17.0 Å². The van der Waals surface area contributed by atoms with Crippen LogP contribution in [0.1, 0.15) is 33.3 Å². The minimum atomic E-state index is 0.158. The Kier molecular flexibility index (Phi) is 4.55. The van der Waals surface area contributed by atoms with Crippen molar-refractivity contribution >= 4 is 5.71 Å². The van der Waals surface area contributed by atoms with Gasteiger partial charge in [-0.3, -0.25) is 0 Å². The SMILES string of the molecule is CON=C(C)c1cccc(OCC(C)(C)C)c1. The summed E-state index contributed by atoms with van der Waals surface area (Å²) >= 11 is 0. The molecular weight excluding hydrogens is 214 g/mol. The van der Waals surface area contributed by atoms with Crippen LogP contribution in [0.2, 0.25) is 0 Å². The van der Waals surface area contributed by atoms with Gasteiger partial charge in [0.15, 0.2) is 0 Å². The molecule has 1 aromatic carbocycles. The number of ether oxygens (including phenoxy) is 1. The zero-order chi connectivity index (χ0) is 12.9. The van der Waals surface area contributed by atoms with Crippen LogP contribution >= 0.6 is 0 Å². The molecule has 0 atom stereocenters. The summed E-state index contributed by atoms with van der Waals surface area (Å²) in [6, 6.07) is 7.88. The molecule has 0 radical (unpaired) electrons. The van der Waals surface area contributed by atoms with Gasteiger partial charge in [-0.1, -0.05) is 38.1 Å². The number of oxime groups is 1. The normalized spacial score (nSPS) is 12.4. The van der Waals surface area contributed by atoms with Gasteiger partial charge < -0.3 is 9.57 Å². The largest absolute Gasteiger partial charge is 0.493 e. The predicted octanol–water partition coefficient (Wildman–Crippen LogP) is 3.48. The molecule has 17 heavy (non-hydrogen) atoms. The average molecular weight is 235 g/mol. The zero-order valence-corrected chi connectivity index (χ0v) is 11.3. The molecule has 3 nitrogen and oxygen atoms in total. The van der Waals surface area contributed by atoms with Crippen molar-refractivity contribution < 1.29 is 9.57 Å². The van der Waals surface area contributed by atoms with Crippen LogP contribution in [0.25, 0.3) is 0 Å². The maximum absolute atomic E-state index is 5.74. The first kappa shape index (κ1) is 13.6. The topological polar surface area (TPSA) is 30.8 Å². The lowest BCUT2D eigenvalue weighted by molar-refractivity contribution is 0.198. The van der Waals surface area contributed by atoms with Gasteiger partial charge in [-0.15, -0.1) is 0 Å². The fourth-order valence-corrected chi connectivity index (χ4v) is 1.30. The van der Waals surface area contributed by atoms with Crippen LogP contribution in [0.4, 0.5) is 0 Å². The molecule has 0 amide bonds. The first-order valence-electron chi connectivity index (χ1n) is 5.73. The van der Waals surface area contributed by atoms with Gasteiger partial charge in [-0.25, -0.2) is 0 Å². The van der Waals surface area contributed by atoms with Crippen molar-refractivity contribution in [2.24, 2.45) is 10.6 Å². The highest BCUT2D eigenvalue weighted by Crippen LogP contribution is 2.19. The molecule has 0 saturated heterocycles. The first-order chi connectivity index (χ1) is 7.92. The fourth-order valence-electron chi connectivity index (χ4n) is 1.30. The summed E-state index contributed by atoms with van der Waals surface area (Å²) in [7, 11) is 1.55. The lowest BCUT2D eigenvalue weighted by atomic mass is 9.99. The fraction of sp³-hybridized carbons (Fsp3) is 0.500. The van der Waals surface area contributed by atoms with E-state index in [-0.39, 0.29) is 5.41 Å². The van der Waals surface area contributed by atoms with E-state index in [4.69, 9.17) is 9.57 Å². The molecule has 0 aromatic heterocycles. The Morgan fingerprint density at radius 1 is 1.29 bits per heavy atom. The second-order valence-electron chi connectivity index (χ2n) is 5.24. The molecule has 0 aliphatic rings. The Morgan fingerprint density at radius 2 is 2.00 bits per heavy atom. The maximum Gasteiger partial charge on any atom is 0.119 e. The maximum atomic E-state index is 5.74. The van der Waals surface area contributed by atoms with Gasteiger partial charge in [0.1, 0.15) is 12.9 Å². The molecule has 1 aromatic rings. The number of rotatable bonds is 4. The first-order valence-corrected chi connectivity index (χ1v) is 5.73. The standard InChI is InChI=1S/C14H21NO2/c1-11(15-16-5)12-7-6-8-13(9-12)17-10-14(2,3)4/h6-9H,10H2,1-5H3. The van der Waals surface area contributed by atoms with Gasteiger partial charge in [0.05, 0.1) is 12.3 Å². The Labute approximate surface area is 103 Å². The van der Waals surface area contributed by atoms with E-state index in [9.17, 15) is 0 Å². The van der Waals surface area contributed by atoms with Gasteiger partial charge in [-0.05, 0) is 24.5 Å². The second-order valence-corrected chi connectivity index (χ2v) is 5.24. The average Bonchev–Trinajstić information content (AvgIpc) is 2.26. The smallest absolute Gasteiger partial charge is 0.119 e. The second kappa shape index (κ2) is 5.71. The molecular formula is C14H21NO2. The van der Waals surface area contributed by atoms with Crippen molar-refractivity contribution in [3.05, 3.63) is 29.8 Å². The van der Waals surface area contributed by atoms with E-state index in [1.807, 2.05) is 31.2 Å². The van der Waals surface area contributed by atoms with Gasteiger partial charge in [-0.2, -0.15) is 0 Å². The van der Waals surface area contributed by atoms with E-state index < -0.39 is 0 Å². The van der Waals surface area contributed by atoms with Crippen LogP contribution in [-0.4, -0.2) is 19.4 Å². The van der Waals surface area contributed by atoms with E-state index in [1.54, 1.807) is 7.11 Å². The molecule has 0 heterocycles. The minimum Gasteiger partial charge on any atom is -0.493 e.